The van der Waals surface area contributed by atoms with Gasteiger partial charge >= 0.3 is 0 Å². The summed E-state index contributed by atoms with van der Waals surface area (Å²) in [5, 5.41) is 0. The highest BCUT2D eigenvalue weighted by Gasteiger charge is 2.52. The molecule has 0 radical (unpaired) electrons. The molecule has 2 aliphatic carbocycles. The van der Waals surface area contributed by atoms with E-state index in [1.807, 2.05) is 0 Å². The van der Waals surface area contributed by atoms with Crippen LogP contribution >= 0.6 is 0 Å². The van der Waals surface area contributed by atoms with Gasteiger partial charge in [-0.3, -0.25) is 0 Å². The first-order chi connectivity index (χ1) is 13.9. The van der Waals surface area contributed by atoms with Crippen molar-refractivity contribution in [1.82, 2.24) is 0 Å². The van der Waals surface area contributed by atoms with Gasteiger partial charge in [-0.05, 0) is 28.7 Å². The number of rotatable bonds is 4. The zero-order valence-corrected chi connectivity index (χ0v) is 16.4. The van der Waals surface area contributed by atoms with Gasteiger partial charge < -0.3 is 0 Å². The van der Waals surface area contributed by atoms with Crippen molar-refractivity contribution in [1.29, 1.82) is 0 Å². The number of fused-ring (bicyclic) bond motifs is 3. The Hall–Kier alpha value is -2.86. The molecule has 2 atom stereocenters. The second-order valence-electron chi connectivity index (χ2n) is 8.03. The third kappa shape index (κ3) is 2.44. The van der Waals surface area contributed by atoms with Crippen LogP contribution in [0.2, 0.25) is 0 Å². The summed E-state index contributed by atoms with van der Waals surface area (Å²) in [6, 6.07) is 31.4. The zero-order chi connectivity index (χ0) is 19.0. The second kappa shape index (κ2) is 6.95. The van der Waals surface area contributed by atoms with Crippen molar-refractivity contribution in [2.24, 2.45) is 5.92 Å². The Morgan fingerprint density at radius 1 is 0.750 bits per heavy atom. The molecule has 0 aromatic heterocycles. The molecule has 0 N–H and O–H groups in total. The first kappa shape index (κ1) is 17.3. The van der Waals surface area contributed by atoms with Crippen molar-refractivity contribution >= 4 is 0 Å². The van der Waals surface area contributed by atoms with Crippen LogP contribution < -0.4 is 0 Å². The van der Waals surface area contributed by atoms with Gasteiger partial charge in [-0.2, -0.15) is 0 Å². The van der Waals surface area contributed by atoms with Crippen LogP contribution in [-0.2, 0) is 5.41 Å². The molecule has 0 spiro atoms. The van der Waals surface area contributed by atoms with E-state index in [4.69, 9.17) is 0 Å². The van der Waals surface area contributed by atoms with Gasteiger partial charge in [0.25, 0.3) is 0 Å². The molecule has 28 heavy (non-hydrogen) atoms. The summed E-state index contributed by atoms with van der Waals surface area (Å²) in [6.07, 6.45) is 9.74. The molecule has 0 bridgehead atoms. The van der Waals surface area contributed by atoms with Crippen molar-refractivity contribution in [2.75, 3.05) is 0 Å². The Bertz CT molecular complexity index is 984. The minimum Gasteiger partial charge on any atom is -0.0761 e. The summed E-state index contributed by atoms with van der Waals surface area (Å²) in [7, 11) is 0. The van der Waals surface area contributed by atoms with E-state index >= 15 is 0 Å². The Labute approximate surface area is 168 Å². The summed E-state index contributed by atoms with van der Waals surface area (Å²) in [5.74, 6) is 0.832. The highest BCUT2D eigenvalue weighted by molar-refractivity contribution is 5.62. The SMILES string of the molecule is CCCC1=CC2C(C=C1)c1ccccc1C2(c1ccccc1)c1ccccc1. The molecule has 0 aliphatic heterocycles. The van der Waals surface area contributed by atoms with Gasteiger partial charge in [0.1, 0.15) is 0 Å². The number of benzene rings is 3. The van der Waals surface area contributed by atoms with Crippen LogP contribution in [0.15, 0.2) is 109 Å². The van der Waals surface area contributed by atoms with Gasteiger partial charge in [0.15, 0.2) is 0 Å². The average Bonchev–Trinajstić information content (AvgIpc) is 3.06. The fourth-order valence-electron chi connectivity index (χ4n) is 5.47. The van der Waals surface area contributed by atoms with E-state index in [-0.39, 0.29) is 5.41 Å². The first-order valence-corrected chi connectivity index (χ1v) is 10.4. The fourth-order valence-corrected chi connectivity index (χ4v) is 5.47. The van der Waals surface area contributed by atoms with Gasteiger partial charge in [-0.15, -0.1) is 0 Å². The Kier molecular flexibility index (Phi) is 4.28. The van der Waals surface area contributed by atoms with E-state index in [2.05, 4.69) is 110 Å². The molecule has 2 unspecified atom stereocenters. The van der Waals surface area contributed by atoms with Crippen LogP contribution in [0.3, 0.4) is 0 Å². The highest BCUT2D eigenvalue weighted by Crippen LogP contribution is 2.59. The van der Waals surface area contributed by atoms with Gasteiger partial charge in [0, 0.05) is 11.8 Å². The minimum atomic E-state index is -0.145. The molecule has 0 heterocycles. The minimum absolute atomic E-state index is 0.145. The maximum atomic E-state index is 2.58. The third-order valence-corrected chi connectivity index (χ3v) is 6.54. The standard InChI is InChI=1S/C28H26/c1-2-11-21-18-19-25-24-16-9-10-17-26(24)28(27(25)20-21,22-12-5-3-6-13-22)23-14-7-4-8-15-23/h3-10,12-20,25,27H,2,11H2,1H3. The third-order valence-electron chi connectivity index (χ3n) is 6.54. The van der Waals surface area contributed by atoms with Gasteiger partial charge in [0.05, 0.1) is 5.41 Å². The van der Waals surface area contributed by atoms with E-state index < -0.39 is 0 Å². The van der Waals surface area contributed by atoms with E-state index in [1.54, 1.807) is 0 Å². The molecule has 2 aliphatic rings. The largest absolute Gasteiger partial charge is 0.0761 e. The van der Waals surface area contributed by atoms with Gasteiger partial charge in [-0.25, -0.2) is 0 Å². The molecule has 0 saturated heterocycles. The summed E-state index contributed by atoms with van der Waals surface area (Å²) in [4.78, 5) is 0. The maximum Gasteiger partial charge on any atom is 0.0525 e. The van der Waals surface area contributed by atoms with Crippen molar-refractivity contribution in [3.63, 3.8) is 0 Å². The highest BCUT2D eigenvalue weighted by atomic mass is 14.5. The monoisotopic (exact) mass is 362 g/mol. The average molecular weight is 363 g/mol. The van der Waals surface area contributed by atoms with Crippen LogP contribution in [0.1, 0.15) is 47.9 Å². The molecule has 0 fully saturated rings. The topological polar surface area (TPSA) is 0 Å². The van der Waals surface area contributed by atoms with Gasteiger partial charge in [-0.1, -0.05) is 122 Å². The molecule has 5 rings (SSSR count). The molecule has 0 amide bonds. The van der Waals surface area contributed by atoms with E-state index in [0.717, 1.165) is 6.42 Å². The fraction of sp³-hybridized carbons (Fsp3) is 0.214. The van der Waals surface area contributed by atoms with Crippen LogP contribution in [0.5, 0.6) is 0 Å². The number of hydrogen-bond donors (Lipinski definition) is 0. The van der Waals surface area contributed by atoms with E-state index in [1.165, 1.54) is 34.2 Å². The Balaban J connectivity index is 1.85. The van der Waals surface area contributed by atoms with E-state index in [0.29, 0.717) is 11.8 Å². The van der Waals surface area contributed by atoms with Crippen LogP contribution in [-0.4, -0.2) is 0 Å². The van der Waals surface area contributed by atoms with Gasteiger partial charge in [0.2, 0.25) is 0 Å². The lowest BCUT2D eigenvalue weighted by Crippen LogP contribution is -2.35. The normalized spacial score (nSPS) is 21.7. The lowest BCUT2D eigenvalue weighted by molar-refractivity contribution is 0.453. The van der Waals surface area contributed by atoms with Crippen molar-refractivity contribution in [3.05, 3.63) is 131 Å². The molecule has 0 saturated carbocycles. The Morgan fingerprint density at radius 3 is 2.00 bits per heavy atom. The maximum absolute atomic E-state index is 2.58. The van der Waals surface area contributed by atoms with Crippen molar-refractivity contribution in [3.8, 4) is 0 Å². The number of allylic oxidation sites excluding steroid dienone is 4. The van der Waals surface area contributed by atoms with Crippen LogP contribution in [0, 0.1) is 5.92 Å². The Morgan fingerprint density at radius 2 is 1.36 bits per heavy atom. The molecular formula is C28H26. The quantitative estimate of drug-likeness (QED) is 0.467. The summed E-state index contributed by atoms with van der Waals surface area (Å²) >= 11 is 0. The number of hydrogen-bond acceptors (Lipinski definition) is 0. The summed E-state index contributed by atoms with van der Waals surface area (Å²) in [6.45, 7) is 2.27. The summed E-state index contributed by atoms with van der Waals surface area (Å²) < 4.78 is 0. The first-order valence-electron chi connectivity index (χ1n) is 10.4. The molecule has 3 aromatic carbocycles. The summed E-state index contributed by atoms with van der Waals surface area (Å²) in [5.41, 5.74) is 7.05. The van der Waals surface area contributed by atoms with Crippen molar-refractivity contribution in [2.45, 2.75) is 31.1 Å². The van der Waals surface area contributed by atoms with Crippen LogP contribution in [0.25, 0.3) is 0 Å². The smallest absolute Gasteiger partial charge is 0.0525 e. The second-order valence-corrected chi connectivity index (χ2v) is 8.03. The lowest BCUT2D eigenvalue weighted by Gasteiger charge is -2.39. The molecule has 3 aromatic rings. The molecule has 138 valence electrons. The lowest BCUT2D eigenvalue weighted by atomic mass is 9.62. The molecule has 0 heteroatoms. The van der Waals surface area contributed by atoms with Crippen LogP contribution in [0.4, 0.5) is 0 Å². The molecular weight excluding hydrogens is 336 g/mol. The zero-order valence-electron chi connectivity index (χ0n) is 16.4. The van der Waals surface area contributed by atoms with Crippen molar-refractivity contribution < 1.29 is 0 Å². The predicted octanol–water partition coefficient (Wildman–Crippen LogP) is 7.03. The van der Waals surface area contributed by atoms with E-state index in [9.17, 15) is 0 Å². The molecule has 0 nitrogen and oxygen atoms in total. The predicted molar refractivity (Wildman–Crippen MR) is 118 cm³/mol.